The fraction of sp³-hybridized carbons (Fsp3) is 0.550. The SMILES string of the molecule is CCCCCOC(=O)C(C)OC(=O)C(O)CCC(=O)OCc1ccccc1. The first-order chi connectivity index (χ1) is 12.9. The molecule has 0 spiro atoms. The number of unbranched alkanes of at least 4 members (excludes halogenated alkanes) is 2. The number of carbonyl (C=O) groups is 3. The molecule has 27 heavy (non-hydrogen) atoms. The summed E-state index contributed by atoms with van der Waals surface area (Å²) in [7, 11) is 0. The highest BCUT2D eigenvalue weighted by Crippen LogP contribution is 2.07. The molecule has 0 amide bonds. The zero-order valence-corrected chi connectivity index (χ0v) is 15.9. The first-order valence-electron chi connectivity index (χ1n) is 9.18. The van der Waals surface area contributed by atoms with Crippen LogP contribution in [0.25, 0.3) is 0 Å². The van der Waals surface area contributed by atoms with Crippen molar-refractivity contribution >= 4 is 17.9 Å². The number of carbonyl (C=O) groups excluding carboxylic acids is 3. The van der Waals surface area contributed by atoms with Crippen LogP contribution in [-0.2, 0) is 35.2 Å². The Kier molecular flexibility index (Phi) is 10.8. The molecular weight excluding hydrogens is 352 g/mol. The van der Waals surface area contributed by atoms with Crippen LogP contribution in [-0.4, -0.2) is 41.8 Å². The van der Waals surface area contributed by atoms with Gasteiger partial charge in [-0.2, -0.15) is 0 Å². The molecule has 1 aromatic carbocycles. The third-order valence-corrected chi connectivity index (χ3v) is 3.75. The highest BCUT2D eigenvalue weighted by molar-refractivity contribution is 5.81. The van der Waals surface area contributed by atoms with Crippen LogP contribution < -0.4 is 0 Å². The van der Waals surface area contributed by atoms with E-state index in [-0.39, 0.29) is 26.1 Å². The highest BCUT2D eigenvalue weighted by atomic mass is 16.6. The summed E-state index contributed by atoms with van der Waals surface area (Å²) >= 11 is 0. The van der Waals surface area contributed by atoms with Crippen LogP contribution in [0, 0.1) is 0 Å². The van der Waals surface area contributed by atoms with Gasteiger partial charge in [0.1, 0.15) is 6.61 Å². The predicted octanol–water partition coefficient (Wildman–Crippen LogP) is 2.54. The van der Waals surface area contributed by atoms with E-state index in [4.69, 9.17) is 14.2 Å². The molecule has 7 heteroatoms. The van der Waals surface area contributed by atoms with E-state index in [1.165, 1.54) is 6.92 Å². The minimum absolute atomic E-state index is 0.126. The van der Waals surface area contributed by atoms with Gasteiger partial charge in [0.2, 0.25) is 0 Å². The molecule has 0 saturated heterocycles. The van der Waals surface area contributed by atoms with Gasteiger partial charge in [0.15, 0.2) is 12.2 Å². The standard InChI is InChI=1S/C20H28O7/c1-3-4-8-13-25-19(23)15(2)27-20(24)17(21)11-12-18(22)26-14-16-9-6-5-7-10-16/h5-7,9-10,15,17,21H,3-4,8,11-14H2,1-2H3. The van der Waals surface area contributed by atoms with Crippen molar-refractivity contribution in [3.8, 4) is 0 Å². The molecule has 0 radical (unpaired) electrons. The second-order valence-corrected chi connectivity index (χ2v) is 6.15. The number of rotatable bonds is 12. The zero-order valence-electron chi connectivity index (χ0n) is 15.9. The molecule has 0 fully saturated rings. The Balaban J connectivity index is 2.24. The van der Waals surface area contributed by atoms with E-state index in [9.17, 15) is 19.5 Å². The van der Waals surface area contributed by atoms with Gasteiger partial charge in [-0.1, -0.05) is 50.1 Å². The van der Waals surface area contributed by atoms with Crippen LogP contribution in [0.4, 0.5) is 0 Å². The summed E-state index contributed by atoms with van der Waals surface area (Å²) < 4.78 is 14.9. The van der Waals surface area contributed by atoms with E-state index < -0.39 is 30.1 Å². The molecule has 0 aliphatic heterocycles. The fourth-order valence-electron chi connectivity index (χ4n) is 2.13. The fourth-order valence-corrected chi connectivity index (χ4v) is 2.13. The Morgan fingerprint density at radius 3 is 2.41 bits per heavy atom. The summed E-state index contributed by atoms with van der Waals surface area (Å²) in [4.78, 5) is 35.2. The van der Waals surface area contributed by atoms with E-state index >= 15 is 0 Å². The van der Waals surface area contributed by atoms with Crippen molar-refractivity contribution in [1.82, 2.24) is 0 Å². The van der Waals surface area contributed by atoms with Gasteiger partial charge < -0.3 is 19.3 Å². The van der Waals surface area contributed by atoms with Gasteiger partial charge >= 0.3 is 17.9 Å². The third-order valence-electron chi connectivity index (χ3n) is 3.75. The van der Waals surface area contributed by atoms with Crippen molar-refractivity contribution in [3.63, 3.8) is 0 Å². The van der Waals surface area contributed by atoms with Crippen LogP contribution in [0.1, 0.15) is 51.5 Å². The van der Waals surface area contributed by atoms with Gasteiger partial charge in [-0.05, 0) is 25.3 Å². The first-order valence-corrected chi connectivity index (χ1v) is 9.18. The van der Waals surface area contributed by atoms with E-state index in [1.807, 2.05) is 37.3 Å². The van der Waals surface area contributed by atoms with E-state index in [1.54, 1.807) is 0 Å². The van der Waals surface area contributed by atoms with Crippen molar-refractivity contribution in [1.29, 1.82) is 0 Å². The molecule has 0 aromatic heterocycles. The van der Waals surface area contributed by atoms with Gasteiger partial charge in [0.25, 0.3) is 0 Å². The van der Waals surface area contributed by atoms with Crippen molar-refractivity contribution in [2.24, 2.45) is 0 Å². The highest BCUT2D eigenvalue weighted by Gasteiger charge is 2.24. The lowest BCUT2D eigenvalue weighted by Gasteiger charge is -2.15. The number of aliphatic hydroxyl groups is 1. The molecular formula is C20H28O7. The van der Waals surface area contributed by atoms with Gasteiger partial charge in [0.05, 0.1) is 6.61 Å². The summed E-state index contributed by atoms with van der Waals surface area (Å²) in [5.74, 6) is -2.16. The molecule has 7 nitrogen and oxygen atoms in total. The number of hydrogen-bond donors (Lipinski definition) is 1. The van der Waals surface area contributed by atoms with Crippen LogP contribution in [0.15, 0.2) is 30.3 Å². The quantitative estimate of drug-likeness (QED) is 0.338. The number of aliphatic hydroxyl groups excluding tert-OH is 1. The topological polar surface area (TPSA) is 99.1 Å². The molecule has 1 rings (SSSR count). The van der Waals surface area contributed by atoms with Crippen molar-refractivity contribution < 1.29 is 33.7 Å². The molecule has 2 atom stereocenters. The largest absolute Gasteiger partial charge is 0.463 e. The maximum absolute atomic E-state index is 11.8. The second kappa shape index (κ2) is 12.9. The normalized spacial score (nSPS) is 12.7. The van der Waals surface area contributed by atoms with Crippen LogP contribution in [0.2, 0.25) is 0 Å². The molecule has 2 unspecified atom stereocenters. The Morgan fingerprint density at radius 1 is 1.04 bits per heavy atom. The zero-order chi connectivity index (χ0) is 20.1. The number of esters is 3. The van der Waals surface area contributed by atoms with Crippen molar-refractivity contribution in [3.05, 3.63) is 35.9 Å². The summed E-state index contributed by atoms with van der Waals surface area (Å²) in [5.41, 5.74) is 0.845. The Labute approximate surface area is 159 Å². The molecule has 0 saturated carbocycles. The second-order valence-electron chi connectivity index (χ2n) is 6.15. The molecule has 0 bridgehead atoms. The molecule has 0 heterocycles. The number of ether oxygens (including phenoxy) is 3. The Hall–Kier alpha value is -2.41. The lowest BCUT2D eigenvalue weighted by molar-refractivity contribution is -0.172. The molecule has 150 valence electrons. The molecule has 1 N–H and O–H groups in total. The van der Waals surface area contributed by atoms with E-state index in [2.05, 4.69) is 0 Å². The van der Waals surface area contributed by atoms with Crippen LogP contribution in [0.3, 0.4) is 0 Å². The maximum Gasteiger partial charge on any atom is 0.347 e. The summed E-state index contributed by atoms with van der Waals surface area (Å²) in [6.45, 7) is 3.80. The minimum Gasteiger partial charge on any atom is -0.463 e. The Bertz CT molecular complexity index is 585. The number of benzene rings is 1. The van der Waals surface area contributed by atoms with Crippen molar-refractivity contribution in [2.75, 3.05) is 6.61 Å². The average molecular weight is 380 g/mol. The van der Waals surface area contributed by atoms with E-state index in [0.29, 0.717) is 0 Å². The van der Waals surface area contributed by atoms with Gasteiger partial charge in [-0.25, -0.2) is 9.59 Å². The summed E-state index contributed by atoms with van der Waals surface area (Å²) in [5, 5.41) is 9.79. The molecule has 0 aliphatic carbocycles. The van der Waals surface area contributed by atoms with Gasteiger partial charge in [0, 0.05) is 6.42 Å². The average Bonchev–Trinajstić information content (AvgIpc) is 2.68. The third kappa shape index (κ3) is 9.75. The Morgan fingerprint density at radius 2 is 1.74 bits per heavy atom. The summed E-state index contributed by atoms with van der Waals surface area (Å²) in [6, 6.07) is 9.16. The van der Waals surface area contributed by atoms with Crippen LogP contribution in [0.5, 0.6) is 0 Å². The molecule has 1 aromatic rings. The smallest absolute Gasteiger partial charge is 0.347 e. The first kappa shape index (κ1) is 22.6. The molecule has 0 aliphatic rings. The monoisotopic (exact) mass is 380 g/mol. The predicted molar refractivity (Wildman–Crippen MR) is 97.5 cm³/mol. The van der Waals surface area contributed by atoms with Gasteiger partial charge in [-0.3, -0.25) is 4.79 Å². The lowest BCUT2D eigenvalue weighted by atomic mass is 10.2. The van der Waals surface area contributed by atoms with Crippen LogP contribution >= 0.6 is 0 Å². The maximum atomic E-state index is 11.8. The van der Waals surface area contributed by atoms with E-state index in [0.717, 1.165) is 24.8 Å². The number of hydrogen-bond acceptors (Lipinski definition) is 7. The van der Waals surface area contributed by atoms with Crippen molar-refractivity contribution in [2.45, 2.75) is 64.8 Å². The minimum atomic E-state index is -1.51. The lowest BCUT2D eigenvalue weighted by Crippen LogP contribution is -2.32. The summed E-state index contributed by atoms with van der Waals surface area (Å²) in [6.07, 6.45) is -0.216. The van der Waals surface area contributed by atoms with Gasteiger partial charge in [-0.15, -0.1) is 0 Å².